The zero-order valence-corrected chi connectivity index (χ0v) is 20.8. The second-order valence-electron chi connectivity index (χ2n) is 7.98. The van der Waals surface area contributed by atoms with E-state index < -0.39 is 10.0 Å². The maximum absolute atomic E-state index is 13.0. The average molecular weight is 488 g/mol. The quantitative estimate of drug-likeness (QED) is 0.353. The minimum absolute atomic E-state index is 0.0490. The predicted molar refractivity (Wildman–Crippen MR) is 130 cm³/mol. The van der Waals surface area contributed by atoms with Gasteiger partial charge in [0.1, 0.15) is 0 Å². The van der Waals surface area contributed by atoms with Crippen LogP contribution in [0, 0.1) is 0 Å². The number of sulfonamides is 1. The molecule has 0 aliphatic carbocycles. The summed E-state index contributed by atoms with van der Waals surface area (Å²) in [5, 5.41) is 0.385. The van der Waals surface area contributed by atoms with Crippen molar-refractivity contribution < 1.29 is 17.9 Å². The lowest BCUT2D eigenvalue weighted by Crippen LogP contribution is -2.40. The minimum Gasteiger partial charge on any atom is -0.379 e. The van der Waals surface area contributed by atoms with Crippen molar-refractivity contribution in [3.05, 3.63) is 53.6 Å². The molecular weight excluding hydrogens is 458 g/mol. The maximum atomic E-state index is 13.0. The number of hydrogen-bond acceptors (Lipinski definition) is 6. The second-order valence-corrected chi connectivity index (χ2v) is 11.2. The van der Waals surface area contributed by atoms with Crippen LogP contribution in [0.2, 0.25) is 0 Å². The summed E-state index contributed by atoms with van der Waals surface area (Å²) in [5.74, 6) is 0.0490. The molecule has 0 amide bonds. The Morgan fingerprint density at radius 2 is 1.82 bits per heavy atom. The fourth-order valence-electron chi connectivity index (χ4n) is 3.93. The zero-order valence-electron chi connectivity index (χ0n) is 19.2. The van der Waals surface area contributed by atoms with E-state index in [1.807, 2.05) is 42.7 Å². The minimum atomic E-state index is -3.60. The van der Waals surface area contributed by atoms with Crippen molar-refractivity contribution in [2.24, 2.45) is 0 Å². The Bertz CT molecular complexity index is 1250. The first-order valence-electron chi connectivity index (χ1n) is 11.2. The second kappa shape index (κ2) is 9.97. The van der Waals surface area contributed by atoms with Crippen LogP contribution in [0.3, 0.4) is 0 Å². The number of aromatic nitrogens is 2. The number of thioether (sulfide) groups is 1. The summed E-state index contributed by atoms with van der Waals surface area (Å²) in [6, 6.07) is 12.8. The van der Waals surface area contributed by atoms with Gasteiger partial charge in [0, 0.05) is 25.2 Å². The predicted octanol–water partition coefficient (Wildman–Crippen LogP) is 4.00. The molecule has 1 fully saturated rings. The molecule has 3 aromatic rings. The lowest BCUT2D eigenvalue weighted by molar-refractivity contribution is 0.0730. The number of aryl methyl sites for hydroxylation is 2. The summed E-state index contributed by atoms with van der Waals surface area (Å²) in [5.41, 5.74) is 3.35. The third-order valence-corrected chi connectivity index (χ3v) is 8.89. The van der Waals surface area contributed by atoms with Gasteiger partial charge in [-0.15, -0.1) is 0 Å². The Morgan fingerprint density at radius 3 is 2.45 bits per heavy atom. The number of rotatable bonds is 8. The summed E-state index contributed by atoms with van der Waals surface area (Å²) in [6.07, 6.45) is 0.933. The van der Waals surface area contributed by atoms with E-state index in [0.717, 1.165) is 11.9 Å². The van der Waals surface area contributed by atoms with Gasteiger partial charge in [-0.1, -0.05) is 43.0 Å². The van der Waals surface area contributed by atoms with E-state index >= 15 is 0 Å². The number of ketones is 1. The van der Waals surface area contributed by atoms with Crippen LogP contribution in [-0.2, 0) is 27.7 Å². The smallest absolute Gasteiger partial charge is 0.243 e. The number of carbonyl (C=O) groups excluding carboxylic acids is 1. The third-order valence-electron chi connectivity index (χ3n) is 5.91. The van der Waals surface area contributed by atoms with Crippen molar-refractivity contribution in [1.82, 2.24) is 13.9 Å². The summed E-state index contributed by atoms with van der Waals surface area (Å²) < 4.78 is 34.9. The number of imidazole rings is 1. The average Bonchev–Trinajstić information content (AvgIpc) is 3.20. The van der Waals surface area contributed by atoms with E-state index in [0.29, 0.717) is 49.1 Å². The van der Waals surface area contributed by atoms with Crippen LogP contribution >= 0.6 is 11.8 Å². The van der Waals surface area contributed by atoms with Crippen molar-refractivity contribution >= 4 is 38.6 Å². The number of carbonyl (C=O) groups is 1. The molecule has 1 saturated heterocycles. The van der Waals surface area contributed by atoms with Crippen LogP contribution in [0.15, 0.2) is 52.5 Å². The molecule has 9 heteroatoms. The molecule has 0 bridgehead atoms. The van der Waals surface area contributed by atoms with Gasteiger partial charge in [0.05, 0.1) is 34.4 Å². The first-order valence-corrected chi connectivity index (χ1v) is 13.5. The topological polar surface area (TPSA) is 81.5 Å². The lowest BCUT2D eigenvalue weighted by atomic mass is 10.1. The fourth-order valence-corrected chi connectivity index (χ4v) is 6.42. The van der Waals surface area contributed by atoms with Gasteiger partial charge in [0.2, 0.25) is 10.0 Å². The van der Waals surface area contributed by atoms with E-state index in [2.05, 4.69) is 6.92 Å². The standard InChI is InChI=1S/C24H29N3O4S2/c1-4-18-6-8-19(9-7-18)23(28)17(3)32-24-25-21-16-20(10-11-22(21)27(24)5-2)33(29,30)26-12-14-31-15-13-26/h6-11,16-17H,4-5,12-15H2,1-3H3. The number of nitrogens with zero attached hydrogens (tertiary/aromatic N) is 3. The molecule has 0 radical (unpaired) electrons. The van der Waals surface area contributed by atoms with Crippen LogP contribution in [0.5, 0.6) is 0 Å². The molecular formula is C24H29N3O4S2. The van der Waals surface area contributed by atoms with Gasteiger partial charge in [0.25, 0.3) is 0 Å². The van der Waals surface area contributed by atoms with Gasteiger partial charge in [-0.05, 0) is 44.0 Å². The molecule has 0 saturated carbocycles. The lowest BCUT2D eigenvalue weighted by Gasteiger charge is -2.26. The van der Waals surface area contributed by atoms with Crippen LogP contribution in [0.4, 0.5) is 0 Å². The molecule has 7 nitrogen and oxygen atoms in total. The maximum Gasteiger partial charge on any atom is 0.243 e. The van der Waals surface area contributed by atoms with Crippen molar-refractivity contribution in [3.63, 3.8) is 0 Å². The van der Waals surface area contributed by atoms with Gasteiger partial charge in [-0.2, -0.15) is 4.31 Å². The van der Waals surface area contributed by atoms with Gasteiger partial charge in [0.15, 0.2) is 10.9 Å². The van der Waals surface area contributed by atoms with Crippen molar-refractivity contribution in [2.45, 2.75) is 49.0 Å². The summed E-state index contributed by atoms with van der Waals surface area (Å²) in [7, 11) is -3.60. The molecule has 1 aliphatic rings. The zero-order chi connectivity index (χ0) is 23.6. The highest BCUT2D eigenvalue weighted by Crippen LogP contribution is 2.30. The normalized spacial score (nSPS) is 16.2. The molecule has 0 spiro atoms. The van der Waals surface area contributed by atoms with Crippen LogP contribution < -0.4 is 0 Å². The molecule has 0 N–H and O–H groups in total. The number of benzene rings is 2. The first-order chi connectivity index (χ1) is 15.8. The monoisotopic (exact) mass is 487 g/mol. The molecule has 2 aromatic carbocycles. The van der Waals surface area contributed by atoms with Crippen molar-refractivity contribution in [2.75, 3.05) is 26.3 Å². The molecule has 1 aromatic heterocycles. The largest absolute Gasteiger partial charge is 0.379 e. The summed E-state index contributed by atoms with van der Waals surface area (Å²) in [6.45, 7) is 8.16. The molecule has 4 rings (SSSR count). The van der Waals surface area contributed by atoms with Gasteiger partial charge >= 0.3 is 0 Å². The number of morpholine rings is 1. The van der Waals surface area contributed by atoms with E-state index in [1.54, 1.807) is 18.2 Å². The van der Waals surface area contributed by atoms with E-state index in [4.69, 9.17) is 9.72 Å². The van der Waals surface area contributed by atoms with Gasteiger partial charge < -0.3 is 9.30 Å². The van der Waals surface area contributed by atoms with Crippen LogP contribution in [-0.4, -0.2) is 59.6 Å². The summed E-state index contributed by atoms with van der Waals surface area (Å²) in [4.78, 5) is 17.9. The third kappa shape index (κ3) is 4.87. The number of ether oxygens (including phenoxy) is 1. The van der Waals surface area contributed by atoms with E-state index in [1.165, 1.54) is 21.6 Å². The highest BCUT2D eigenvalue weighted by molar-refractivity contribution is 8.00. The van der Waals surface area contributed by atoms with E-state index in [-0.39, 0.29) is 15.9 Å². The van der Waals surface area contributed by atoms with Gasteiger partial charge in [-0.25, -0.2) is 13.4 Å². The van der Waals surface area contributed by atoms with Gasteiger partial charge in [-0.3, -0.25) is 4.79 Å². The molecule has 176 valence electrons. The molecule has 1 unspecified atom stereocenters. The SMILES string of the molecule is CCc1ccc(C(=O)C(C)Sc2nc3cc(S(=O)(=O)N4CCOCC4)ccc3n2CC)cc1. The van der Waals surface area contributed by atoms with Crippen LogP contribution in [0.1, 0.15) is 36.7 Å². The fraction of sp³-hybridized carbons (Fsp3) is 0.417. The Kier molecular flexibility index (Phi) is 7.23. The Labute approximate surface area is 199 Å². The Balaban J connectivity index is 1.60. The highest BCUT2D eigenvalue weighted by atomic mass is 32.2. The molecule has 1 atom stereocenters. The summed E-state index contributed by atoms with van der Waals surface area (Å²) >= 11 is 1.40. The molecule has 33 heavy (non-hydrogen) atoms. The van der Waals surface area contributed by atoms with Crippen molar-refractivity contribution in [1.29, 1.82) is 0 Å². The van der Waals surface area contributed by atoms with Crippen molar-refractivity contribution in [3.8, 4) is 0 Å². The first kappa shape index (κ1) is 23.9. The number of hydrogen-bond donors (Lipinski definition) is 0. The molecule has 1 aliphatic heterocycles. The highest BCUT2D eigenvalue weighted by Gasteiger charge is 2.27. The number of Topliss-reactive ketones (excluding diaryl/α,β-unsaturated/α-hetero) is 1. The molecule has 2 heterocycles. The van der Waals surface area contributed by atoms with E-state index in [9.17, 15) is 13.2 Å². The van der Waals surface area contributed by atoms with Crippen LogP contribution in [0.25, 0.3) is 11.0 Å². The Morgan fingerprint density at radius 1 is 1.12 bits per heavy atom. The number of fused-ring (bicyclic) bond motifs is 1. The Hall–Kier alpha value is -2.20.